The average Bonchev–Trinajstić information content (AvgIpc) is 2.04. The molecule has 2 fully saturated rings. The highest BCUT2D eigenvalue weighted by Gasteiger charge is 2.30. The van der Waals surface area contributed by atoms with E-state index in [1.165, 1.54) is 38.6 Å². The van der Waals surface area contributed by atoms with Gasteiger partial charge in [-0.15, -0.1) is 0 Å². The van der Waals surface area contributed by atoms with Gasteiger partial charge in [-0.05, 0) is 31.2 Å². The van der Waals surface area contributed by atoms with E-state index in [9.17, 15) is 0 Å². The fraction of sp³-hybridized carbons (Fsp3) is 1.00. The summed E-state index contributed by atoms with van der Waals surface area (Å²) in [5.41, 5.74) is 0. The number of piperidine rings is 1. The SMILES string of the molecule is SC1CC2CCCCC2CN1. The minimum atomic E-state index is 0.481. The van der Waals surface area contributed by atoms with E-state index in [4.69, 9.17) is 0 Å². The van der Waals surface area contributed by atoms with Crippen molar-refractivity contribution in [2.75, 3.05) is 6.54 Å². The Hall–Kier alpha value is 0.310. The van der Waals surface area contributed by atoms with Crippen molar-refractivity contribution in [2.24, 2.45) is 11.8 Å². The lowest BCUT2D eigenvalue weighted by Crippen LogP contribution is -2.42. The highest BCUT2D eigenvalue weighted by Crippen LogP contribution is 2.35. The first-order valence-electron chi connectivity index (χ1n) is 4.78. The van der Waals surface area contributed by atoms with Gasteiger partial charge < -0.3 is 5.32 Å². The lowest BCUT2D eigenvalue weighted by atomic mass is 9.76. The lowest BCUT2D eigenvalue weighted by Gasteiger charge is -2.38. The van der Waals surface area contributed by atoms with Crippen LogP contribution in [0.2, 0.25) is 0 Å². The van der Waals surface area contributed by atoms with Crippen LogP contribution in [0.3, 0.4) is 0 Å². The van der Waals surface area contributed by atoms with Gasteiger partial charge in [-0.3, -0.25) is 0 Å². The topological polar surface area (TPSA) is 12.0 Å². The maximum Gasteiger partial charge on any atom is 0.0505 e. The van der Waals surface area contributed by atoms with E-state index in [0.717, 1.165) is 11.8 Å². The van der Waals surface area contributed by atoms with Crippen LogP contribution < -0.4 is 5.32 Å². The van der Waals surface area contributed by atoms with E-state index in [2.05, 4.69) is 17.9 Å². The Morgan fingerprint density at radius 2 is 1.82 bits per heavy atom. The molecule has 3 atom stereocenters. The lowest BCUT2D eigenvalue weighted by molar-refractivity contribution is 0.178. The van der Waals surface area contributed by atoms with Gasteiger partial charge in [0.1, 0.15) is 0 Å². The molecule has 2 heteroatoms. The normalized spacial score (nSPS) is 45.0. The number of hydrogen-bond acceptors (Lipinski definition) is 2. The van der Waals surface area contributed by atoms with Gasteiger partial charge in [-0.25, -0.2) is 0 Å². The van der Waals surface area contributed by atoms with Gasteiger partial charge in [0.2, 0.25) is 0 Å². The molecule has 0 aromatic carbocycles. The Bertz CT molecular complexity index is 138. The van der Waals surface area contributed by atoms with Crippen LogP contribution in [-0.4, -0.2) is 11.9 Å². The molecule has 2 rings (SSSR count). The molecule has 1 heterocycles. The summed E-state index contributed by atoms with van der Waals surface area (Å²) in [5, 5.41) is 3.93. The van der Waals surface area contributed by atoms with Crippen LogP contribution in [0, 0.1) is 11.8 Å². The van der Waals surface area contributed by atoms with Gasteiger partial charge in [0.05, 0.1) is 5.37 Å². The number of hydrogen-bond donors (Lipinski definition) is 2. The summed E-state index contributed by atoms with van der Waals surface area (Å²) >= 11 is 4.47. The first-order valence-corrected chi connectivity index (χ1v) is 5.29. The molecule has 2 aliphatic rings. The van der Waals surface area contributed by atoms with Crippen LogP contribution >= 0.6 is 12.6 Å². The minimum absolute atomic E-state index is 0.481. The molecule has 3 unspecified atom stereocenters. The highest BCUT2D eigenvalue weighted by atomic mass is 32.1. The molecule has 1 nitrogen and oxygen atoms in total. The predicted octanol–water partition coefficient (Wildman–Crippen LogP) is 2.04. The number of thiol groups is 1. The molecule has 0 amide bonds. The summed E-state index contributed by atoms with van der Waals surface area (Å²) in [5.74, 6) is 1.97. The summed E-state index contributed by atoms with van der Waals surface area (Å²) in [6.07, 6.45) is 7.14. The zero-order valence-electron chi connectivity index (χ0n) is 6.92. The Labute approximate surface area is 74.4 Å². The summed E-state index contributed by atoms with van der Waals surface area (Å²) in [6, 6.07) is 0. The average molecular weight is 171 g/mol. The number of rotatable bonds is 0. The van der Waals surface area contributed by atoms with Crippen LogP contribution in [0.4, 0.5) is 0 Å². The Balaban J connectivity index is 1.93. The van der Waals surface area contributed by atoms with Crippen molar-refractivity contribution in [3.8, 4) is 0 Å². The van der Waals surface area contributed by atoms with Crippen molar-refractivity contribution in [2.45, 2.75) is 37.5 Å². The van der Waals surface area contributed by atoms with Crippen molar-refractivity contribution in [1.29, 1.82) is 0 Å². The summed E-state index contributed by atoms with van der Waals surface area (Å²) in [4.78, 5) is 0. The van der Waals surface area contributed by atoms with Crippen molar-refractivity contribution in [3.63, 3.8) is 0 Å². The molecule has 0 spiro atoms. The van der Waals surface area contributed by atoms with Gasteiger partial charge in [0, 0.05) is 0 Å². The molecule has 0 aromatic rings. The molecule has 1 saturated carbocycles. The summed E-state index contributed by atoms with van der Waals surface area (Å²) in [7, 11) is 0. The second-order valence-electron chi connectivity index (χ2n) is 3.96. The minimum Gasteiger partial charge on any atom is -0.305 e. The summed E-state index contributed by atoms with van der Waals surface area (Å²) < 4.78 is 0. The fourth-order valence-corrected chi connectivity index (χ4v) is 2.90. The third-order valence-corrected chi connectivity index (χ3v) is 3.60. The third-order valence-electron chi connectivity index (χ3n) is 3.21. The van der Waals surface area contributed by atoms with E-state index in [1.807, 2.05) is 0 Å². The molecule has 1 aliphatic carbocycles. The molecule has 1 aliphatic heterocycles. The van der Waals surface area contributed by atoms with E-state index in [0.29, 0.717) is 5.37 Å². The van der Waals surface area contributed by atoms with Crippen LogP contribution in [-0.2, 0) is 0 Å². The molecule has 1 N–H and O–H groups in total. The monoisotopic (exact) mass is 171 g/mol. The van der Waals surface area contributed by atoms with E-state index >= 15 is 0 Å². The van der Waals surface area contributed by atoms with Gasteiger partial charge in [-0.2, -0.15) is 12.6 Å². The highest BCUT2D eigenvalue weighted by molar-refractivity contribution is 7.80. The smallest absolute Gasteiger partial charge is 0.0505 e. The van der Waals surface area contributed by atoms with Gasteiger partial charge >= 0.3 is 0 Å². The van der Waals surface area contributed by atoms with Gasteiger partial charge in [0.15, 0.2) is 0 Å². The first-order chi connectivity index (χ1) is 5.36. The zero-order valence-corrected chi connectivity index (χ0v) is 7.82. The van der Waals surface area contributed by atoms with Gasteiger partial charge in [0.25, 0.3) is 0 Å². The van der Waals surface area contributed by atoms with E-state index < -0.39 is 0 Å². The standard InChI is InChI=1S/C9H17NS/c11-9-5-7-3-1-2-4-8(7)6-10-9/h7-11H,1-6H2. The van der Waals surface area contributed by atoms with Crippen molar-refractivity contribution >= 4 is 12.6 Å². The third kappa shape index (κ3) is 1.73. The Morgan fingerprint density at radius 3 is 2.64 bits per heavy atom. The van der Waals surface area contributed by atoms with Crippen LogP contribution in [0.25, 0.3) is 0 Å². The van der Waals surface area contributed by atoms with Crippen LogP contribution in [0.1, 0.15) is 32.1 Å². The van der Waals surface area contributed by atoms with Crippen molar-refractivity contribution < 1.29 is 0 Å². The largest absolute Gasteiger partial charge is 0.305 e. The fourth-order valence-electron chi connectivity index (χ4n) is 2.52. The Morgan fingerprint density at radius 1 is 1.09 bits per heavy atom. The van der Waals surface area contributed by atoms with Crippen molar-refractivity contribution in [3.05, 3.63) is 0 Å². The van der Waals surface area contributed by atoms with Crippen LogP contribution in [0.5, 0.6) is 0 Å². The molecule has 0 bridgehead atoms. The van der Waals surface area contributed by atoms with Crippen molar-refractivity contribution in [1.82, 2.24) is 5.32 Å². The second-order valence-corrected chi connectivity index (χ2v) is 4.59. The molecule has 1 saturated heterocycles. The predicted molar refractivity (Wildman–Crippen MR) is 50.8 cm³/mol. The zero-order chi connectivity index (χ0) is 7.68. The molecule has 64 valence electrons. The molecular formula is C9H17NS. The molecule has 11 heavy (non-hydrogen) atoms. The Kier molecular flexibility index (Phi) is 2.42. The summed E-state index contributed by atoms with van der Waals surface area (Å²) in [6.45, 7) is 1.22. The molecule has 0 aromatic heterocycles. The van der Waals surface area contributed by atoms with Gasteiger partial charge in [-0.1, -0.05) is 19.3 Å². The number of fused-ring (bicyclic) bond motifs is 1. The van der Waals surface area contributed by atoms with Crippen LogP contribution in [0.15, 0.2) is 0 Å². The quantitative estimate of drug-likeness (QED) is 0.532. The number of nitrogens with one attached hydrogen (secondary N) is 1. The van der Waals surface area contributed by atoms with E-state index in [1.54, 1.807) is 0 Å². The maximum absolute atomic E-state index is 4.47. The second kappa shape index (κ2) is 3.36. The van der Waals surface area contributed by atoms with E-state index in [-0.39, 0.29) is 0 Å². The maximum atomic E-state index is 4.47. The molecular weight excluding hydrogens is 154 g/mol. The first kappa shape index (κ1) is 7.93. The molecule has 0 radical (unpaired) electrons.